The van der Waals surface area contributed by atoms with Crippen LogP contribution < -0.4 is 5.32 Å². The summed E-state index contributed by atoms with van der Waals surface area (Å²) in [6.07, 6.45) is 6.65. The lowest BCUT2D eigenvalue weighted by molar-refractivity contribution is 0.229. The second-order valence-electron chi connectivity index (χ2n) is 5.74. The highest BCUT2D eigenvalue weighted by atomic mass is 15.1. The summed E-state index contributed by atoms with van der Waals surface area (Å²) >= 11 is 0. The Morgan fingerprint density at radius 1 is 1.00 bits per heavy atom. The van der Waals surface area contributed by atoms with E-state index in [1.54, 1.807) is 0 Å². The topological polar surface area (TPSA) is 15.3 Å². The van der Waals surface area contributed by atoms with Gasteiger partial charge in [0.25, 0.3) is 0 Å². The highest BCUT2D eigenvalue weighted by Crippen LogP contribution is 2.07. The predicted molar refractivity (Wildman–Crippen MR) is 82.7 cm³/mol. The third-order valence-electron chi connectivity index (χ3n) is 3.99. The van der Waals surface area contributed by atoms with Crippen LogP contribution in [0, 0.1) is 6.92 Å². The number of nitrogens with zero attached hydrogens (tertiary/aromatic N) is 1. The fourth-order valence-corrected chi connectivity index (χ4v) is 2.72. The van der Waals surface area contributed by atoms with Gasteiger partial charge in [0.1, 0.15) is 0 Å². The maximum atomic E-state index is 3.57. The molecule has 1 aromatic rings. The summed E-state index contributed by atoms with van der Waals surface area (Å²) in [5.74, 6) is 0. The van der Waals surface area contributed by atoms with Crippen molar-refractivity contribution in [1.82, 2.24) is 10.2 Å². The van der Waals surface area contributed by atoms with Crippen LogP contribution in [0.1, 0.15) is 36.8 Å². The van der Waals surface area contributed by atoms with Gasteiger partial charge in [-0.3, -0.25) is 0 Å². The molecule has 0 saturated carbocycles. The average molecular weight is 260 g/mol. The fraction of sp³-hybridized carbons (Fsp3) is 0.647. The quantitative estimate of drug-likeness (QED) is 0.758. The molecule has 1 aromatic carbocycles. The molecule has 2 rings (SSSR count). The highest BCUT2D eigenvalue weighted by molar-refractivity contribution is 5.21. The van der Waals surface area contributed by atoms with Gasteiger partial charge in [0.2, 0.25) is 0 Å². The molecule has 0 amide bonds. The van der Waals surface area contributed by atoms with Gasteiger partial charge < -0.3 is 10.2 Å². The zero-order valence-electron chi connectivity index (χ0n) is 12.3. The maximum absolute atomic E-state index is 3.57. The molecular formula is C17H28N2. The van der Waals surface area contributed by atoms with Gasteiger partial charge in [-0.15, -0.1) is 0 Å². The van der Waals surface area contributed by atoms with Crippen molar-refractivity contribution in [1.29, 1.82) is 0 Å². The van der Waals surface area contributed by atoms with Crippen molar-refractivity contribution in [2.24, 2.45) is 0 Å². The molecule has 2 nitrogen and oxygen atoms in total. The molecule has 1 heterocycles. The number of nitrogens with one attached hydrogen (secondary N) is 1. The summed E-state index contributed by atoms with van der Waals surface area (Å²) in [4.78, 5) is 2.59. The minimum atomic E-state index is 1.14. The van der Waals surface area contributed by atoms with E-state index in [9.17, 15) is 0 Å². The third-order valence-corrected chi connectivity index (χ3v) is 3.99. The van der Waals surface area contributed by atoms with Gasteiger partial charge in [0.05, 0.1) is 0 Å². The molecule has 1 N–H and O–H groups in total. The summed E-state index contributed by atoms with van der Waals surface area (Å²) in [7, 11) is 0. The van der Waals surface area contributed by atoms with E-state index in [2.05, 4.69) is 41.4 Å². The SMILES string of the molecule is Cc1ccc(CCCNCCN2CCCCC2)cc1. The van der Waals surface area contributed by atoms with Crippen molar-refractivity contribution in [2.45, 2.75) is 39.0 Å². The summed E-state index contributed by atoms with van der Waals surface area (Å²) < 4.78 is 0. The van der Waals surface area contributed by atoms with Crippen LogP contribution in [-0.2, 0) is 6.42 Å². The first-order valence-electron chi connectivity index (χ1n) is 7.83. The van der Waals surface area contributed by atoms with Crippen molar-refractivity contribution in [3.8, 4) is 0 Å². The Morgan fingerprint density at radius 2 is 1.74 bits per heavy atom. The van der Waals surface area contributed by atoms with Crippen LogP contribution >= 0.6 is 0 Å². The second-order valence-corrected chi connectivity index (χ2v) is 5.74. The molecule has 2 heteroatoms. The van der Waals surface area contributed by atoms with Crippen LogP contribution in [0.3, 0.4) is 0 Å². The highest BCUT2D eigenvalue weighted by Gasteiger charge is 2.08. The summed E-state index contributed by atoms with van der Waals surface area (Å²) in [6, 6.07) is 8.92. The number of likely N-dealkylation sites (tertiary alicyclic amines) is 1. The van der Waals surface area contributed by atoms with Crippen LogP contribution in [0.5, 0.6) is 0 Å². The lowest BCUT2D eigenvalue weighted by Crippen LogP contribution is -2.36. The van der Waals surface area contributed by atoms with Gasteiger partial charge in [-0.05, 0) is 57.8 Å². The Bertz CT molecular complexity index is 339. The van der Waals surface area contributed by atoms with Crippen molar-refractivity contribution in [3.05, 3.63) is 35.4 Å². The molecule has 0 aromatic heterocycles. The molecular weight excluding hydrogens is 232 g/mol. The molecule has 0 atom stereocenters. The van der Waals surface area contributed by atoms with E-state index in [4.69, 9.17) is 0 Å². The van der Waals surface area contributed by atoms with E-state index in [1.165, 1.54) is 62.9 Å². The molecule has 0 radical (unpaired) electrons. The van der Waals surface area contributed by atoms with E-state index in [-0.39, 0.29) is 0 Å². The van der Waals surface area contributed by atoms with E-state index in [1.807, 2.05) is 0 Å². The van der Waals surface area contributed by atoms with Crippen LogP contribution in [0.15, 0.2) is 24.3 Å². The molecule has 1 aliphatic rings. The molecule has 0 unspecified atom stereocenters. The molecule has 19 heavy (non-hydrogen) atoms. The number of hydrogen-bond donors (Lipinski definition) is 1. The Labute approximate surface area is 118 Å². The Kier molecular flexibility index (Phi) is 6.38. The van der Waals surface area contributed by atoms with Crippen molar-refractivity contribution in [3.63, 3.8) is 0 Å². The minimum Gasteiger partial charge on any atom is -0.315 e. The smallest absolute Gasteiger partial charge is 0.0107 e. The van der Waals surface area contributed by atoms with Gasteiger partial charge >= 0.3 is 0 Å². The number of benzene rings is 1. The zero-order valence-corrected chi connectivity index (χ0v) is 12.3. The van der Waals surface area contributed by atoms with Gasteiger partial charge in [-0.2, -0.15) is 0 Å². The molecule has 1 fully saturated rings. The molecule has 0 spiro atoms. The minimum absolute atomic E-state index is 1.14. The molecule has 0 aliphatic carbocycles. The summed E-state index contributed by atoms with van der Waals surface area (Å²) in [5, 5.41) is 3.57. The first-order chi connectivity index (χ1) is 9.34. The molecule has 1 aliphatic heterocycles. The van der Waals surface area contributed by atoms with Crippen molar-refractivity contribution in [2.75, 3.05) is 32.7 Å². The number of rotatable bonds is 7. The molecule has 1 saturated heterocycles. The average Bonchev–Trinajstić information content (AvgIpc) is 2.46. The summed E-state index contributed by atoms with van der Waals surface area (Å²) in [5.41, 5.74) is 2.81. The maximum Gasteiger partial charge on any atom is 0.0107 e. The van der Waals surface area contributed by atoms with E-state index in [0.717, 1.165) is 13.1 Å². The molecule has 0 bridgehead atoms. The number of hydrogen-bond acceptors (Lipinski definition) is 2. The Balaban J connectivity index is 1.49. The fourth-order valence-electron chi connectivity index (χ4n) is 2.72. The van der Waals surface area contributed by atoms with Crippen molar-refractivity contribution >= 4 is 0 Å². The second kappa shape index (κ2) is 8.34. The molecule has 106 valence electrons. The van der Waals surface area contributed by atoms with E-state index in [0.29, 0.717) is 0 Å². The van der Waals surface area contributed by atoms with Gasteiger partial charge in [0, 0.05) is 13.1 Å². The lowest BCUT2D eigenvalue weighted by Gasteiger charge is -2.26. The largest absolute Gasteiger partial charge is 0.315 e. The van der Waals surface area contributed by atoms with Crippen LogP contribution in [0.25, 0.3) is 0 Å². The van der Waals surface area contributed by atoms with Gasteiger partial charge in [-0.1, -0.05) is 36.2 Å². The third kappa shape index (κ3) is 5.75. The number of aryl methyl sites for hydroxylation is 2. The van der Waals surface area contributed by atoms with Crippen LogP contribution in [0.4, 0.5) is 0 Å². The van der Waals surface area contributed by atoms with Crippen LogP contribution in [0.2, 0.25) is 0 Å². The van der Waals surface area contributed by atoms with Crippen molar-refractivity contribution < 1.29 is 0 Å². The van der Waals surface area contributed by atoms with Gasteiger partial charge in [-0.25, -0.2) is 0 Å². The zero-order chi connectivity index (χ0) is 13.3. The van der Waals surface area contributed by atoms with Gasteiger partial charge in [0.15, 0.2) is 0 Å². The first kappa shape index (κ1) is 14.5. The normalized spacial score (nSPS) is 16.7. The first-order valence-corrected chi connectivity index (χ1v) is 7.83. The van der Waals surface area contributed by atoms with E-state index < -0.39 is 0 Å². The Hall–Kier alpha value is -0.860. The lowest BCUT2D eigenvalue weighted by atomic mass is 10.1. The Morgan fingerprint density at radius 3 is 2.47 bits per heavy atom. The van der Waals surface area contributed by atoms with E-state index >= 15 is 0 Å². The monoisotopic (exact) mass is 260 g/mol. The standard InChI is InChI=1S/C17H28N2/c1-16-7-9-17(10-8-16)6-5-11-18-12-15-19-13-3-2-4-14-19/h7-10,18H,2-6,11-15H2,1H3. The van der Waals surface area contributed by atoms with Crippen LogP contribution in [-0.4, -0.2) is 37.6 Å². The summed E-state index contributed by atoms with van der Waals surface area (Å²) in [6.45, 7) is 8.28. The number of piperidine rings is 1. The predicted octanol–water partition coefficient (Wildman–Crippen LogP) is 3.00.